The predicted octanol–water partition coefficient (Wildman–Crippen LogP) is 2.29. The van der Waals surface area contributed by atoms with Gasteiger partial charge in [0.05, 0.1) is 6.07 Å². The van der Waals surface area contributed by atoms with Crippen molar-refractivity contribution in [1.29, 1.82) is 5.26 Å². The van der Waals surface area contributed by atoms with Crippen LogP contribution in [0.25, 0.3) is 0 Å². The van der Waals surface area contributed by atoms with Gasteiger partial charge < -0.3 is 0 Å². The lowest BCUT2D eigenvalue weighted by molar-refractivity contribution is 0.172. The quantitative estimate of drug-likeness (QED) is 0.812. The van der Waals surface area contributed by atoms with Crippen LogP contribution in [-0.2, 0) is 0 Å². The van der Waals surface area contributed by atoms with Crippen molar-refractivity contribution in [3.8, 4) is 6.07 Å². The molecule has 1 saturated carbocycles. The van der Waals surface area contributed by atoms with Crippen molar-refractivity contribution in [3.63, 3.8) is 0 Å². The van der Waals surface area contributed by atoms with Crippen LogP contribution >= 0.6 is 0 Å². The zero-order valence-electron chi connectivity index (χ0n) is 11.2. The molecule has 1 N–H and O–H groups in total. The first-order valence-corrected chi connectivity index (χ1v) is 7.06. The summed E-state index contributed by atoms with van der Waals surface area (Å²) in [6.45, 7) is 6.40. The van der Waals surface area contributed by atoms with Gasteiger partial charge in [0.1, 0.15) is 5.54 Å². The van der Waals surface area contributed by atoms with E-state index in [-0.39, 0.29) is 5.54 Å². The largest absolute Gasteiger partial charge is 0.298 e. The van der Waals surface area contributed by atoms with E-state index in [2.05, 4.69) is 30.1 Å². The van der Waals surface area contributed by atoms with Crippen LogP contribution in [0.15, 0.2) is 0 Å². The summed E-state index contributed by atoms with van der Waals surface area (Å²) in [6.07, 6.45) is 7.75. The molecule has 1 saturated heterocycles. The van der Waals surface area contributed by atoms with Crippen molar-refractivity contribution in [1.82, 2.24) is 10.2 Å². The Morgan fingerprint density at radius 3 is 2.71 bits per heavy atom. The molecule has 0 amide bonds. The highest BCUT2D eigenvalue weighted by Gasteiger charge is 2.35. The number of nitrogens with one attached hydrogen (secondary N) is 1. The first kappa shape index (κ1) is 12.9. The molecule has 2 unspecified atom stereocenters. The third-order valence-corrected chi connectivity index (χ3v) is 4.06. The Morgan fingerprint density at radius 2 is 2.06 bits per heavy atom. The standard InChI is InChI=1S/C14H25N3/c1-12-6-4-3-5-9-17(12)11-14(2,10-15)16-13-7-8-13/h12-13,16H,3-9,11H2,1-2H3. The Kier molecular flexibility index (Phi) is 4.06. The Labute approximate surface area is 105 Å². The Hall–Kier alpha value is -0.590. The SMILES string of the molecule is CC1CCCCCN1CC(C)(C#N)NC1CC1. The molecule has 0 radical (unpaired) electrons. The van der Waals surface area contributed by atoms with E-state index in [0.717, 1.165) is 13.1 Å². The van der Waals surface area contributed by atoms with E-state index < -0.39 is 0 Å². The van der Waals surface area contributed by atoms with Gasteiger partial charge in [-0.05, 0) is 46.1 Å². The van der Waals surface area contributed by atoms with E-state index in [0.29, 0.717) is 12.1 Å². The third-order valence-electron chi connectivity index (χ3n) is 4.06. The number of likely N-dealkylation sites (tertiary alicyclic amines) is 1. The van der Waals surface area contributed by atoms with Crippen molar-refractivity contribution >= 4 is 0 Å². The van der Waals surface area contributed by atoms with Crippen LogP contribution in [0.3, 0.4) is 0 Å². The lowest BCUT2D eigenvalue weighted by atomic mass is 10.0. The Bertz CT molecular complexity index is 292. The molecule has 0 aromatic carbocycles. The lowest BCUT2D eigenvalue weighted by Crippen LogP contribution is -2.53. The van der Waals surface area contributed by atoms with Crippen LogP contribution < -0.4 is 5.32 Å². The third kappa shape index (κ3) is 3.69. The van der Waals surface area contributed by atoms with Gasteiger partial charge in [-0.1, -0.05) is 12.8 Å². The summed E-state index contributed by atoms with van der Waals surface area (Å²) in [5.74, 6) is 0. The number of hydrogen-bond donors (Lipinski definition) is 1. The number of rotatable bonds is 4. The van der Waals surface area contributed by atoms with Crippen LogP contribution in [0.5, 0.6) is 0 Å². The van der Waals surface area contributed by atoms with Gasteiger partial charge in [0.25, 0.3) is 0 Å². The molecule has 17 heavy (non-hydrogen) atoms. The maximum absolute atomic E-state index is 9.41. The van der Waals surface area contributed by atoms with E-state index in [9.17, 15) is 5.26 Å². The zero-order valence-corrected chi connectivity index (χ0v) is 11.2. The first-order valence-electron chi connectivity index (χ1n) is 7.06. The van der Waals surface area contributed by atoms with Crippen molar-refractivity contribution in [3.05, 3.63) is 0 Å². The number of nitrogens with zero attached hydrogens (tertiary/aromatic N) is 2. The van der Waals surface area contributed by atoms with E-state index >= 15 is 0 Å². The summed E-state index contributed by atoms with van der Waals surface area (Å²) in [4.78, 5) is 2.51. The van der Waals surface area contributed by atoms with Crippen LogP contribution in [-0.4, -0.2) is 35.6 Å². The normalized spacial score (nSPS) is 30.3. The topological polar surface area (TPSA) is 39.1 Å². The van der Waals surface area contributed by atoms with Gasteiger partial charge in [-0.2, -0.15) is 5.26 Å². The molecule has 2 atom stereocenters. The van der Waals surface area contributed by atoms with Crippen LogP contribution in [0.4, 0.5) is 0 Å². The average Bonchev–Trinajstić information content (AvgIpc) is 3.11. The zero-order chi connectivity index (χ0) is 12.3. The maximum Gasteiger partial charge on any atom is 0.116 e. The summed E-state index contributed by atoms with van der Waals surface area (Å²) >= 11 is 0. The minimum Gasteiger partial charge on any atom is -0.298 e. The highest BCUT2D eigenvalue weighted by molar-refractivity contribution is 5.09. The van der Waals surface area contributed by atoms with Crippen molar-refractivity contribution in [2.75, 3.05) is 13.1 Å². The fourth-order valence-corrected chi connectivity index (χ4v) is 2.77. The van der Waals surface area contributed by atoms with E-state index in [4.69, 9.17) is 0 Å². The van der Waals surface area contributed by atoms with Crippen molar-refractivity contribution in [2.45, 2.75) is 70.0 Å². The van der Waals surface area contributed by atoms with Crippen LogP contribution in [0.2, 0.25) is 0 Å². The highest BCUT2D eigenvalue weighted by atomic mass is 15.2. The van der Waals surface area contributed by atoms with Crippen LogP contribution in [0, 0.1) is 11.3 Å². The molecular weight excluding hydrogens is 210 g/mol. The molecule has 1 aliphatic heterocycles. The summed E-state index contributed by atoms with van der Waals surface area (Å²) in [5.41, 5.74) is -0.361. The van der Waals surface area contributed by atoms with Gasteiger partial charge in [0, 0.05) is 18.6 Å². The molecule has 0 bridgehead atoms. The predicted molar refractivity (Wildman–Crippen MR) is 69.7 cm³/mol. The number of nitriles is 1. The average molecular weight is 235 g/mol. The monoisotopic (exact) mass is 235 g/mol. The molecule has 1 heterocycles. The molecule has 0 spiro atoms. The van der Waals surface area contributed by atoms with E-state index in [1.54, 1.807) is 0 Å². The van der Waals surface area contributed by atoms with E-state index in [1.165, 1.54) is 38.5 Å². The second kappa shape index (κ2) is 5.37. The molecule has 3 heteroatoms. The Balaban J connectivity index is 1.93. The van der Waals surface area contributed by atoms with Crippen molar-refractivity contribution in [2.24, 2.45) is 0 Å². The van der Waals surface area contributed by atoms with Gasteiger partial charge >= 0.3 is 0 Å². The minimum atomic E-state index is -0.361. The fourth-order valence-electron chi connectivity index (χ4n) is 2.77. The molecule has 0 aromatic rings. The fraction of sp³-hybridized carbons (Fsp3) is 0.929. The van der Waals surface area contributed by atoms with Crippen molar-refractivity contribution < 1.29 is 0 Å². The summed E-state index contributed by atoms with van der Waals surface area (Å²) in [7, 11) is 0. The second-order valence-electron chi connectivity index (χ2n) is 6.03. The first-order chi connectivity index (χ1) is 8.13. The van der Waals surface area contributed by atoms with E-state index in [1.807, 2.05) is 0 Å². The van der Waals surface area contributed by atoms with Gasteiger partial charge in [0.15, 0.2) is 0 Å². The molecule has 0 aromatic heterocycles. The molecule has 2 aliphatic rings. The summed E-state index contributed by atoms with van der Waals surface area (Å²) < 4.78 is 0. The minimum absolute atomic E-state index is 0.361. The van der Waals surface area contributed by atoms with Gasteiger partial charge in [-0.15, -0.1) is 0 Å². The summed E-state index contributed by atoms with van der Waals surface area (Å²) in [6, 6.07) is 3.71. The molecule has 2 fully saturated rings. The summed E-state index contributed by atoms with van der Waals surface area (Å²) in [5, 5.41) is 12.9. The molecule has 3 nitrogen and oxygen atoms in total. The smallest absolute Gasteiger partial charge is 0.116 e. The van der Waals surface area contributed by atoms with Crippen LogP contribution in [0.1, 0.15) is 52.4 Å². The molecular formula is C14H25N3. The van der Waals surface area contributed by atoms with Gasteiger partial charge in [0.2, 0.25) is 0 Å². The molecule has 2 rings (SSSR count). The number of hydrogen-bond acceptors (Lipinski definition) is 3. The van der Waals surface area contributed by atoms with Gasteiger partial charge in [-0.3, -0.25) is 10.2 Å². The second-order valence-corrected chi connectivity index (χ2v) is 6.03. The lowest BCUT2D eigenvalue weighted by Gasteiger charge is -2.34. The Morgan fingerprint density at radius 1 is 1.29 bits per heavy atom. The maximum atomic E-state index is 9.41. The molecule has 1 aliphatic carbocycles. The molecule has 96 valence electrons. The highest BCUT2D eigenvalue weighted by Crippen LogP contribution is 2.24. The van der Waals surface area contributed by atoms with Gasteiger partial charge in [-0.25, -0.2) is 0 Å².